The van der Waals surface area contributed by atoms with Crippen LogP contribution in [-0.2, 0) is 9.05 Å². The molecule has 0 aliphatic carbocycles. The number of aryl methyl sites for hydroxylation is 1. The molecular weight excluding hydrogens is 265 g/mol. The van der Waals surface area contributed by atoms with Crippen LogP contribution >= 0.6 is 22.3 Å². The van der Waals surface area contributed by atoms with Crippen molar-refractivity contribution in [3.8, 4) is 0 Å². The Bertz CT molecular complexity index is 526. The zero-order chi connectivity index (χ0) is 11.8. The van der Waals surface area contributed by atoms with E-state index in [0.29, 0.717) is 0 Å². The topological polar surface area (TPSA) is 77.3 Å². The molecule has 0 aliphatic rings. The maximum absolute atomic E-state index is 11.0. The van der Waals surface area contributed by atoms with Crippen LogP contribution in [0.3, 0.4) is 0 Å². The number of nitro groups is 1. The van der Waals surface area contributed by atoms with Crippen molar-refractivity contribution in [3.63, 3.8) is 0 Å². The lowest BCUT2D eigenvalue weighted by atomic mass is 10.2. The van der Waals surface area contributed by atoms with Gasteiger partial charge in [0.05, 0.1) is 9.95 Å². The quantitative estimate of drug-likeness (QED) is 0.470. The molecule has 8 heteroatoms. The Kier molecular flexibility index (Phi) is 3.22. The standard InChI is InChI=1S/C7H5Cl2NO4S/c1-4-2-7(15(9,13)14)5(8)3-6(4)10(11)12/h2-3H,1H3. The molecule has 0 saturated carbocycles. The molecule has 0 amide bonds. The molecule has 0 N–H and O–H groups in total. The molecule has 1 aromatic rings. The van der Waals surface area contributed by atoms with Crippen molar-refractivity contribution in [1.82, 2.24) is 0 Å². The minimum absolute atomic E-state index is 0.184. The number of halogens is 2. The predicted octanol–water partition coefficient (Wildman–Crippen LogP) is 2.48. The molecule has 82 valence electrons. The van der Waals surface area contributed by atoms with E-state index in [2.05, 4.69) is 0 Å². The minimum atomic E-state index is -3.98. The van der Waals surface area contributed by atoms with Crippen molar-refractivity contribution in [1.29, 1.82) is 0 Å². The molecule has 1 rings (SSSR count). The maximum atomic E-state index is 11.0. The molecule has 0 aromatic heterocycles. The molecule has 0 heterocycles. The van der Waals surface area contributed by atoms with Crippen LogP contribution in [0.2, 0.25) is 5.02 Å². The average molecular weight is 270 g/mol. The van der Waals surface area contributed by atoms with E-state index in [9.17, 15) is 18.5 Å². The predicted molar refractivity (Wildman–Crippen MR) is 55.9 cm³/mol. The molecule has 0 aliphatic heterocycles. The summed E-state index contributed by atoms with van der Waals surface area (Å²) in [6.45, 7) is 1.40. The van der Waals surface area contributed by atoms with Gasteiger partial charge in [-0.1, -0.05) is 11.6 Å². The number of rotatable bonds is 2. The van der Waals surface area contributed by atoms with Gasteiger partial charge in [-0.15, -0.1) is 0 Å². The van der Waals surface area contributed by atoms with Crippen molar-refractivity contribution in [2.24, 2.45) is 0 Å². The van der Waals surface area contributed by atoms with Crippen molar-refractivity contribution in [2.45, 2.75) is 11.8 Å². The van der Waals surface area contributed by atoms with Gasteiger partial charge >= 0.3 is 0 Å². The highest BCUT2D eigenvalue weighted by Crippen LogP contribution is 2.31. The van der Waals surface area contributed by atoms with Crippen LogP contribution in [0.1, 0.15) is 5.56 Å². The highest BCUT2D eigenvalue weighted by Gasteiger charge is 2.20. The molecule has 0 radical (unpaired) electrons. The highest BCUT2D eigenvalue weighted by molar-refractivity contribution is 8.13. The van der Waals surface area contributed by atoms with E-state index in [4.69, 9.17) is 22.3 Å². The largest absolute Gasteiger partial charge is 0.273 e. The monoisotopic (exact) mass is 269 g/mol. The smallest absolute Gasteiger partial charge is 0.258 e. The lowest BCUT2D eigenvalue weighted by Gasteiger charge is -2.02. The Morgan fingerprint density at radius 2 is 1.93 bits per heavy atom. The van der Waals surface area contributed by atoms with E-state index >= 15 is 0 Å². The fourth-order valence-electron chi connectivity index (χ4n) is 1.03. The van der Waals surface area contributed by atoms with Gasteiger partial charge < -0.3 is 0 Å². The number of nitrogens with zero attached hydrogens (tertiary/aromatic N) is 1. The molecule has 0 bridgehead atoms. The van der Waals surface area contributed by atoms with Gasteiger partial charge in [0, 0.05) is 22.3 Å². The van der Waals surface area contributed by atoms with Gasteiger partial charge in [0.15, 0.2) is 0 Å². The summed E-state index contributed by atoms with van der Waals surface area (Å²) in [5.74, 6) is 0. The van der Waals surface area contributed by atoms with E-state index < -0.39 is 14.0 Å². The van der Waals surface area contributed by atoms with E-state index in [-0.39, 0.29) is 21.2 Å². The lowest BCUT2D eigenvalue weighted by molar-refractivity contribution is -0.385. The Morgan fingerprint density at radius 3 is 2.33 bits per heavy atom. The summed E-state index contributed by atoms with van der Waals surface area (Å²) in [6.07, 6.45) is 0. The fourth-order valence-corrected chi connectivity index (χ4v) is 2.60. The normalized spacial score (nSPS) is 11.4. The van der Waals surface area contributed by atoms with Crippen LogP contribution < -0.4 is 0 Å². The van der Waals surface area contributed by atoms with Gasteiger partial charge in [-0.25, -0.2) is 8.42 Å². The van der Waals surface area contributed by atoms with Crippen molar-refractivity contribution in [3.05, 3.63) is 32.8 Å². The van der Waals surface area contributed by atoms with Crippen LogP contribution in [0.5, 0.6) is 0 Å². The van der Waals surface area contributed by atoms with E-state index in [0.717, 1.165) is 12.1 Å². The van der Waals surface area contributed by atoms with Gasteiger partial charge in [0.25, 0.3) is 14.7 Å². The maximum Gasteiger partial charge on any atom is 0.273 e. The third kappa shape index (κ3) is 2.58. The Labute approximate surface area is 95.2 Å². The van der Waals surface area contributed by atoms with Gasteiger partial charge in [-0.3, -0.25) is 10.1 Å². The first kappa shape index (κ1) is 12.2. The van der Waals surface area contributed by atoms with Gasteiger partial charge in [0.2, 0.25) is 0 Å². The van der Waals surface area contributed by atoms with E-state index in [1.165, 1.54) is 6.92 Å². The van der Waals surface area contributed by atoms with E-state index in [1.807, 2.05) is 0 Å². The van der Waals surface area contributed by atoms with Crippen molar-refractivity contribution in [2.75, 3.05) is 0 Å². The molecule has 1 aromatic carbocycles. The number of hydrogen-bond donors (Lipinski definition) is 0. The minimum Gasteiger partial charge on any atom is -0.258 e. The molecule has 5 nitrogen and oxygen atoms in total. The Balaban J connectivity index is 3.52. The first-order valence-corrected chi connectivity index (χ1v) is 6.31. The Hall–Kier alpha value is -0.850. The second kappa shape index (κ2) is 3.96. The molecule has 0 fully saturated rings. The fraction of sp³-hybridized carbons (Fsp3) is 0.143. The van der Waals surface area contributed by atoms with E-state index in [1.54, 1.807) is 0 Å². The zero-order valence-corrected chi connectivity index (χ0v) is 9.73. The molecule has 0 atom stereocenters. The summed E-state index contributed by atoms with van der Waals surface area (Å²) >= 11 is 5.56. The molecule has 15 heavy (non-hydrogen) atoms. The summed E-state index contributed by atoms with van der Waals surface area (Å²) in [6, 6.07) is 2.04. The van der Waals surface area contributed by atoms with Gasteiger partial charge in [-0.2, -0.15) is 0 Å². The third-order valence-electron chi connectivity index (χ3n) is 1.71. The molecule has 0 unspecified atom stereocenters. The highest BCUT2D eigenvalue weighted by atomic mass is 35.7. The first-order chi connectivity index (χ1) is 6.73. The van der Waals surface area contributed by atoms with Crippen molar-refractivity contribution >= 4 is 37.0 Å². The summed E-state index contributed by atoms with van der Waals surface area (Å²) < 4.78 is 22.0. The molecular formula is C7H5Cl2NO4S. The van der Waals surface area contributed by atoms with Crippen LogP contribution in [0.15, 0.2) is 17.0 Å². The molecule has 0 spiro atoms. The zero-order valence-electron chi connectivity index (χ0n) is 7.40. The van der Waals surface area contributed by atoms with Crippen LogP contribution in [-0.4, -0.2) is 13.3 Å². The van der Waals surface area contributed by atoms with Crippen LogP contribution in [0.25, 0.3) is 0 Å². The third-order valence-corrected chi connectivity index (χ3v) is 3.50. The first-order valence-electron chi connectivity index (χ1n) is 3.62. The second-order valence-electron chi connectivity index (χ2n) is 2.76. The van der Waals surface area contributed by atoms with Gasteiger partial charge in [-0.05, 0) is 13.0 Å². The average Bonchev–Trinajstić information content (AvgIpc) is 2.06. The summed E-state index contributed by atoms with van der Waals surface area (Å²) in [4.78, 5) is 9.53. The Morgan fingerprint density at radius 1 is 1.40 bits per heavy atom. The number of hydrogen-bond acceptors (Lipinski definition) is 4. The summed E-state index contributed by atoms with van der Waals surface area (Å²) in [5, 5.41) is 10.2. The summed E-state index contributed by atoms with van der Waals surface area (Å²) in [5.41, 5.74) is -0.0623. The van der Waals surface area contributed by atoms with Crippen molar-refractivity contribution < 1.29 is 13.3 Å². The lowest BCUT2D eigenvalue weighted by Crippen LogP contribution is -1.97. The SMILES string of the molecule is Cc1cc(S(=O)(=O)Cl)c(Cl)cc1[N+](=O)[O-]. The van der Waals surface area contributed by atoms with Gasteiger partial charge in [0.1, 0.15) is 4.90 Å². The number of benzene rings is 1. The van der Waals surface area contributed by atoms with Crippen LogP contribution in [0, 0.1) is 17.0 Å². The van der Waals surface area contributed by atoms with Crippen LogP contribution in [0.4, 0.5) is 5.69 Å². The summed E-state index contributed by atoms with van der Waals surface area (Å²) in [7, 11) is 1.10. The second-order valence-corrected chi connectivity index (χ2v) is 5.71. The number of nitro benzene ring substituents is 1. The molecule has 0 saturated heterocycles.